The number of methoxy groups -OCH3 is 1. The van der Waals surface area contributed by atoms with E-state index in [4.69, 9.17) is 4.74 Å². The van der Waals surface area contributed by atoms with Crippen LogP contribution in [0.5, 0.6) is 0 Å². The number of rotatable bonds is 6. The highest BCUT2D eigenvalue weighted by Gasteiger charge is 2.26. The highest BCUT2D eigenvalue weighted by Crippen LogP contribution is 2.23. The van der Waals surface area contributed by atoms with Gasteiger partial charge in [-0.2, -0.15) is 0 Å². The van der Waals surface area contributed by atoms with E-state index in [9.17, 15) is 14.4 Å². The molecule has 0 aliphatic heterocycles. The molecule has 132 valence electrons. The van der Waals surface area contributed by atoms with E-state index in [2.05, 4.69) is 10.6 Å². The van der Waals surface area contributed by atoms with Gasteiger partial charge in [0.2, 0.25) is 5.91 Å². The van der Waals surface area contributed by atoms with E-state index in [1.807, 2.05) is 19.9 Å². The van der Waals surface area contributed by atoms with Crippen molar-refractivity contribution < 1.29 is 19.1 Å². The number of benzene rings is 1. The summed E-state index contributed by atoms with van der Waals surface area (Å²) in [6.07, 6.45) is 0. The molecular formula is C18H20N2O4S. The predicted molar refractivity (Wildman–Crippen MR) is 96.8 cm³/mol. The second kappa shape index (κ2) is 8.43. The zero-order valence-electron chi connectivity index (χ0n) is 14.2. The molecule has 1 aromatic heterocycles. The summed E-state index contributed by atoms with van der Waals surface area (Å²) < 4.78 is 4.70. The summed E-state index contributed by atoms with van der Waals surface area (Å²) in [6, 6.07) is 9.58. The van der Waals surface area contributed by atoms with E-state index in [-0.39, 0.29) is 17.7 Å². The largest absolute Gasteiger partial charge is 0.465 e. The first-order valence-electron chi connectivity index (χ1n) is 7.76. The molecule has 0 bridgehead atoms. The fourth-order valence-corrected chi connectivity index (χ4v) is 2.98. The van der Waals surface area contributed by atoms with Gasteiger partial charge in [0, 0.05) is 5.56 Å². The molecule has 2 aromatic rings. The first-order chi connectivity index (χ1) is 11.9. The Morgan fingerprint density at radius 3 is 2.36 bits per heavy atom. The van der Waals surface area contributed by atoms with E-state index in [1.54, 1.807) is 35.7 Å². The SMILES string of the molecule is COC(=O)c1sccc1NC(=O)C(NC(=O)c1ccccc1)C(C)C. The van der Waals surface area contributed by atoms with Gasteiger partial charge in [0.1, 0.15) is 10.9 Å². The molecule has 7 heteroatoms. The Morgan fingerprint density at radius 1 is 1.08 bits per heavy atom. The summed E-state index contributed by atoms with van der Waals surface area (Å²) in [5.74, 6) is -1.36. The van der Waals surface area contributed by atoms with Crippen LogP contribution in [0.1, 0.15) is 33.9 Å². The average molecular weight is 360 g/mol. The number of nitrogens with one attached hydrogen (secondary N) is 2. The minimum Gasteiger partial charge on any atom is -0.465 e. The van der Waals surface area contributed by atoms with Gasteiger partial charge in [0.25, 0.3) is 5.91 Å². The van der Waals surface area contributed by atoms with Crippen LogP contribution in [0.15, 0.2) is 41.8 Å². The zero-order valence-corrected chi connectivity index (χ0v) is 15.1. The second-order valence-corrected chi connectivity index (χ2v) is 6.62. The monoisotopic (exact) mass is 360 g/mol. The number of hydrogen-bond donors (Lipinski definition) is 2. The Morgan fingerprint density at radius 2 is 1.76 bits per heavy atom. The molecule has 1 unspecified atom stereocenters. The maximum absolute atomic E-state index is 12.6. The first-order valence-corrected chi connectivity index (χ1v) is 8.64. The lowest BCUT2D eigenvalue weighted by Crippen LogP contribution is -2.47. The molecule has 0 saturated carbocycles. The Bertz CT molecular complexity index is 755. The molecule has 2 amide bonds. The Labute approximate surface area is 150 Å². The quantitative estimate of drug-likeness (QED) is 0.776. The maximum atomic E-state index is 12.6. The molecule has 6 nitrogen and oxygen atoms in total. The van der Waals surface area contributed by atoms with Crippen molar-refractivity contribution >= 4 is 34.8 Å². The Balaban J connectivity index is 2.12. The van der Waals surface area contributed by atoms with Crippen molar-refractivity contribution in [3.05, 3.63) is 52.2 Å². The molecule has 0 spiro atoms. The van der Waals surface area contributed by atoms with E-state index in [1.165, 1.54) is 18.4 Å². The number of esters is 1. The number of carbonyl (C=O) groups is 3. The van der Waals surface area contributed by atoms with E-state index in [0.29, 0.717) is 16.1 Å². The minimum absolute atomic E-state index is 0.132. The molecule has 0 aliphatic rings. The van der Waals surface area contributed by atoms with Gasteiger partial charge in [-0.3, -0.25) is 9.59 Å². The predicted octanol–water partition coefficient (Wildman–Crippen LogP) is 2.93. The number of amides is 2. The van der Waals surface area contributed by atoms with Gasteiger partial charge in [-0.05, 0) is 29.5 Å². The number of hydrogen-bond acceptors (Lipinski definition) is 5. The Kier molecular flexibility index (Phi) is 6.30. The number of thiophene rings is 1. The van der Waals surface area contributed by atoms with Crippen LogP contribution in [0, 0.1) is 5.92 Å². The van der Waals surface area contributed by atoms with Crippen LogP contribution < -0.4 is 10.6 Å². The van der Waals surface area contributed by atoms with Crippen LogP contribution in [0.3, 0.4) is 0 Å². The van der Waals surface area contributed by atoms with Crippen molar-refractivity contribution in [1.29, 1.82) is 0 Å². The molecule has 2 rings (SSSR count). The molecule has 0 fully saturated rings. The fraction of sp³-hybridized carbons (Fsp3) is 0.278. The lowest BCUT2D eigenvalue weighted by atomic mass is 10.0. The minimum atomic E-state index is -0.738. The topological polar surface area (TPSA) is 84.5 Å². The van der Waals surface area contributed by atoms with Gasteiger partial charge in [-0.25, -0.2) is 4.79 Å². The lowest BCUT2D eigenvalue weighted by Gasteiger charge is -2.21. The standard InChI is InChI=1S/C18H20N2O4S/c1-11(2)14(20-16(21)12-7-5-4-6-8-12)17(22)19-13-9-10-25-15(13)18(23)24-3/h4-11,14H,1-3H3,(H,19,22)(H,20,21). The third-order valence-electron chi connectivity index (χ3n) is 3.57. The van der Waals surface area contributed by atoms with Crippen molar-refractivity contribution in [2.45, 2.75) is 19.9 Å². The van der Waals surface area contributed by atoms with Gasteiger partial charge in [-0.1, -0.05) is 32.0 Å². The van der Waals surface area contributed by atoms with E-state index >= 15 is 0 Å². The molecule has 0 radical (unpaired) electrons. The van der Waals surface area contributed by atoms with Crippen molar-refractivity contribution in [2.75, 3.05) is 12.4 Å². The molecule has 1 aromatic carbocycles. The summed E-state index contributed by atoms with van der Waals surface area (Å²) in [4.78, 5) is 37.0. The third-order valence-corrected chi connectivity index (χ3v) is 4.46. The molecule has 1 atom stereocenters. The summed E-state index contributed by atoms with van der Waals surface area (Å²) in [5.41, 5.74) is 0.855. The van der Waals surface area contributed by atoms with Crippen LogP contribution in [0.25, 0.3) is 0 Å². The van der Waals surface area contributed by atoms with Gasteiger partial charge in [0.05, 0.1) is 12.8 Å². The highest BCUT2D eigenvalue weighted by molar-refractivity contribution is 7.12. The molecule has 25 heavy (non-hydrogen) atoms. The zero-order chi connectivity index (χ0) is 18.4. The summed E-state index contributed by atoms with van der Waals surface area (Å²) in [5, 5.41) is 7.13. The van der Waals surface area contributed by atoms with E-state index < -0.39 is 12.0 Å². The van der Waals surface area contributed by atoms with Crippen LogP contribution in [0.4, 0.5) is 5.69 Å². The summed E-state index contributed by atoms with van der Waals surface area (Å²) in [6.45, 7) is 3.68. The highest BCUT2D eigenvalue weighted by atomic mass is 32.1. The van der Waals surface area contributed by atoms with Crippen LogP contribution >= 0.6 is 11.3 Å². The van der Waals surface area contributed by atoms with Gasteiger partial charge in [-0.15, -0.1) is 11.3 Å². The smallest absolute Gasteiger partial charge is 0.350 e. The fourth-order valence-electron chi connectivity index (χ4n) is 2.22. The summed E-state index contributed by atoms with van der Waals surface area (Å²) in [7, 11) is 1.28. The molecule has 0 aliphatic carbocycles. The van der Waals surface area contributed by atoms with Crippen molar-refractivity contribution in [1.82, 2.24) is 5.32 Å². The first kappa shape index (κ1) is 18.7. The van der Waals surface area contributed by atoms with Crippen molar-refractivity contribution in [3.8, 4) is 0 Å². The number of ether oxygens (including phenoxy) is 1. The molecule has 2 N–H and O–H groups in total. The third kappa shape index (κ3) is 4.67. The van der Waals surface area contributed by atoms with Crippen molar-refractivity contribution in [2.24, 2.45) is 5.92 Å². The Hall–Kier alpha value is -2.67. The van der Waals surface area contributed by atoms with E-state index in [0.717, 1.165) is 0 Å². The number of carbonyl (C=O) groups excluding carboxylic acids is 3. The van der Waals surface area contributed by atoms with Crippen LogP contribution in [-0.4, -0.2) is 30.9 Å². The number of anilines is 1. The van der Waals surface area contributed by atoms with Gasteiger partial charge in [0.15, 0.2) is 0 Å². The second-order valence-electron chi connectivity index (χ2n) is 5.71. The van der Waals surface area contributed by atoms with Gasteiger partial charge >= 0.3 is 5.97 Å². The maximum Gasteiger partial charge on any atom is 0.350 e. The normalized spacial score (nSPS) is 11.7. The van der Waals surface area contributed by atoms with Crippen LogP contribution in [-0.2, 0) is 9.53 Å². The molecule has 1 heterocycles. The molecule has 0 saturated heterocycles. The summed E-state index contributed by atoms with van der Waals surface area (Å²) >= 11 is 1.18. The van der Waals surface area contributed by atoms with Crippen LogP contribution in [0.2, 0.25) is 0 Å². The van der Waals surface area contributed by atoms with Crippen molar-refractivity contribution in [3.63, 3.8) is 0 Å². The lowest BCUT2D eigenvalue weighted by molar-refractivity contribution is -0.118. The average Bonchev–Trinajstić information content (AvgIpc) is 3.07. The van der Waals surface area contributed by atoms with Gasteiger partial charge < -0.3 is 15.4 Å². The molecular weight excluding hydrogens is 340 g/mol.